The molecule has 2 aromatic rings. The molecule has 0 saturated carbocycles. The highest BCUT2D eigenvalue weighted by Gasteiger charge is 2.27. The van der Waals surface area contributed by atoms with Crippen LogP contribution in [0.3, 0.4) is 0 Å². The molecule has 3 rings (SSSR count). The second-order valence-corrected chi connectivity index (χ2v) is 5.69. The first-order valence-corrected chi connectivity index (χ1v) is 7.45. The van der Waals surface area contributed by atoms with Crippen molar-refractivity contribution in [1.29, 1.82) is 0 Å². The standard InChI is InChI=1S/C18H19F2N/c19-16-7-1-4-13(10-16)18(15-6-3-9-21-12-15)14-5-2-8-17(20)11-14/h1-2,4-5,7-8,10-11,15,18,21H,3,6,9,12H2/t15-/m0/s1. The summed E-state index contributed by atoms with van der Waals surface area (Å²) in [6, 6.07) is 13.4. The molecule has 21 heavy (non-hydrogen) atoms. The van der Waals surface area contributed by atoms with Gasteiger partial charge in [-0.05, 0) is 67.2 Å². The normalized spacial score (nSPS) is 18.9. The number of rotatable bonds is 3. The fraction of sp³-hybridized carbons (Fsp3) is 0.333. The zero-order valence-corrected chi connectivity index (χ0v) is 11.9. The monoisotopic (exact) mass is 287 g/mol. The van der Waals surface area contributed by atoms with Crippen molar-refractivity contribution in [3.8, 4) is 0 Å². The molecule has 0 amide bonds. The van der Waals surface area contributed by atoms with Crippen LogP contribution in [0.4, 0.5) is 8.78 Å². The number of benzene rings is 2. The molecule has 2 aromatic carbocycles. The maximum Gasteiger partial charge on any atom is 0.123 e. The van der Waals surface area contributed by atoms with E-state index >= 15 is 0 Å². The fourth-order valence-corrected chi connectivity index (χ4v) is 3.30. The zero-order chi connectivity index (χ0) is 14.7. The summed E-state index contributed by atoms with van der Waals surface area (Å²) in [6.07, 6.45) is 2.18. The minimum Gasteiger partial charge on any atom is -0.316 e. The minimum absolute atomic E-state index is 0.0317. The van der Waals surface area contributed by atoms with Gasteiger partial charge in [0.25, 0.3) is 0 Å². The van der Waals surface area contributed by atoms with E-state index in [2.05, 4.69) is 5.32 Å². The summed E-state index contributed by atoms with van der Waals surface area (Å²) in [4.78, 5) is 0. The zero-order valence-electron chi connectivity index (χ0n) is 11.9. The number of hydrogen-bond donors (Lipinski definition) is 1. The molecule has 1 atom stereocenters. The molecule has 1 aliphatic rings. The van der Waals surface area contributed by atoms with Crippen LogP contribution in [0.15, 0.2) is 48.5 Å². The molecule has 0 unspecified atom stereocenters. The SMILES string of the molecule is Fc1cccc(C(c2cccc(F)c2)[C@H]2CCCNC2)c1. The van der Waals surface area contributed by atoms with Crippen LogP contribution < -0.4 is 5.32 Å². The number of halogens is 2. The van der Waals surface area contributed by atoms with E-state index in [9.17, 15) is 8.78 Å². The first-order chi connectivity index (χ1) is 10.2. The third-order valence-electron chi connectivity index (χ3n) is 4.22. The Morgan fingerprint density at radius 1 is 0.952 bits per heavy atom. The van der Waals surface area contributed by atoms with Gasteiger partial charge in [0.05, 0.1) is 0 Å². The van der Waals surface area contributed by atoms with Crippen LogP contribution in [0.25, 0.3) is 0 Å². The molecule has 1 fully saturated rings. The van der Waals surface area contributed by atoms with Crippen molar-refractivity contribution < 1.29 is 8.78 Å². The fourth-order valence-electron chi connectivity index (χ4n) is 3.30. The van der Waals surface area contributed by atoms with Crippen molar-refractivity contribution in [3.63, 3.8) is 0 Å². The molecular weight excluding hydrogens is 268 g/mol. The van der Waals surface area contributed by atoms with Crippen LogP contribution in [0.2, 0.25) is 0 Å². The van der Waals surface area contributed by atoms with Gasteiger partial charge in [-0.15, -0.1) is 0 Å². The highest BCUT2D eigenvalue weighted by Crippen LogP contribution is 2.36. The quantitative estimate of drug-likeness (QED) is 0.896. The van der Waals surface area contributed by atoms with Crippen molar-refractivity contribution in [3.05, 3.63) is 71.3 Å². The average Bonchev–Trinajstić information content (AvgIpc) is 2.49. The van der Waals surface area contributed by atoms with Crippen molar-refractivity contribution in [2.75, 3.05) is 13.1 Å². The van der Waals surface area contributed by atoms with Crippen LogP contribution >= 0.6 is 0 Å². The summed E-state index contributed by atoms with van der Waals surface area (Å²) >= 11 is 0. The van der Waals surface area contributed by atoms with Crippen molar-refractivity contribution >= 4 is 0 Å². The lowest BCUT2D eigenvalue weighted by Crippen LogP contribution is -2.33. The van der Waals surface area contributed by atoms with E-state index in [0.29, 0.717) is 5.92 Å². The second-order valence-electron chi connectivity index (χ2n) is 5.69. The van der Waals surface area contributed by atoms with Gasteiger partial charge in [0, 0.05) is 5.92 Å². The maximum atomic E-state index is 13.6. The minimum atomic E-state index is -0.238. The summed E-state index contributed by atoms with van der Waals surface area (Å²) in [5.74, 6) is -0.0816. The number of nitrogens with one attached hydrogen (secondary N) is 1. The second kappa shape index (κ2) is 6.35. The molecule has 0 bridgehead atoms. The van der Waals surface area contributed by atoms with Gasteiger partial charge in [-0.25, -0.2) is 8.78 Å². The van der Waals surface area contributed by atoms with E-state index in [1.165, 1.54) is 12.1 Å². The number of hydrogen-bond acceptors (Lipinski definition) is 1. The molecule has 1 aliphatic heterocycles. The van der Waals surface area contributed by atoms with Gasteiger partial charge in [0.2, 0.25) is 0 Å². The Bertz CT molecular complexity index is 560. The number of piperidine rings is 1. The Balaban J connectivity index is 2.01. The van der Waals surface area contributed by atoms with Crippen molar-refractivity contribution in [2.45, 2.75) is 18.8 Å². The van der Waals surface area contributed by atoms with E-state index in [0.717, 1.165) is 37.1 Å². The molecule has 110 valence electrons. The molecule has 1 nitrogen and oxygen atoms in total. The summed E-state index contributed by atoms with van der Waals surface area (Å²) in [5.41, 5.74) is 1.85. The van der Waals surface area contributed by atoms with E-state index in [1.54, 1.807) is 24.3 Å². The molecule has 0 aliphatic carbocycles. The summed E-state index contributed by atoms with van der Waals surface area (Å²) < 4.78 is 27.2. The Labute approximate surface area is 124 Å². The van der Waals surface area contributed by atoms with Crippen LogP contribution in [0, 0.1) is 17.6 Å². The first kappa shape index (κ1) is 14.2. The predicted octanol–water partition coefficient (Wildman–Crippen LogP) is 4.10. The maximum absolute atomic E-state index is 13.6. The van der Waals surface area contributed by atoms with Gasteiger partial charge >= 0.3 is 0 Å². The van der Waals surface area contributed by atoms with Gasteiger partial charge < -0.3 is 5.32 Å². The van der Waals surface area contributed by atoms with Crippen LogP contribution in [0.5, 0.6) is 0 Å². The lowest BCUT2D eigenvalue weighted by Gasteiger charge is -2.31. The molecule has 1 saturated heterocycles. The predicted molar refractivity (Wildman–Crippen MR) is 80.2 cm³/mol. The molecule has 1 heterocycles. The molecule has 0 aromatic heterocycles. The van der Waals surface area contributed by atoms with E-state index in [-0.39, 0.29) is 17.6 Å². The summed E-state index contributed by atoms with van der Waals surface area (Å²) in [6.45, 7) is 1.91. The first-order valence-electron chi connectivity index (χ1n) is 7.45. The molecule has 3 heteroatoms. The summed E-state index contributed by atoms with van der Waals surface area (Å²) in [7, 11) is 0. The highest BCUT2D eigenvalue weighted by molar-refractivity contribution is 5.34. The van der Waals surface area contributed by atoms with Crippen LogP contribution in [-0.4, -0.2) is 13.1 Å². The largest absolute Gasteiger partial charge is 0.316 e. The average molecular weight is 287 g/mol. The molecule has 0 radical (unpaired) electrons. The van der Waals surface area contributed by atoms with Gasteiger partial charge in [-0.1, -0.05) is 24.3 Å². The molecule has 1 N–H and O–H groups in total. The Kier molecular flexibility index (Phi) is 4.30. The lowest BCUT2D eigenvalue weighted by molar-refractivity contribution is 0.345. The summed E-state index contributed by atoms with van der Waals surface area (Å²) in [5, 5.41) is 3.40. The molecule has 0 spiro atoms. The van der Waals surface area contributed by atoms with Crippen LogP contribution in [-0.2, 0) is 0 Å². The van der Waals surface area contributed by atoms with E-state index in [4.69, 9.17) is 0 Å². The van der Waals surface area contributed by atoms with Gasteiger partial charge in [0.1, 0.15) is 11.6 Å². The third-order valence-corrected chi connectivity index (χ3v) is 4.22. The lowest BCUT2D eigenvalue weighted by atomic mass is 9.77. The highest BCUT2D eigenvalue weighted by atomic mass is 19.1. The van der Waals surface area contributed by atoms with E-state index in [1.807, 2.05) is 12.1 Å². The smallest absolute Gasteiger partial charge is 0.123 e. The van der Waals surface area contributed by atoms with Crippen molar-refractivity contribution in [1.82, 2.24) is 5.32 Å². The Morgan fingerprint density at radius 2 is 1.57 bits per heavy atom. The Morgan fingerprint density at radius 3 is 2.05 bits per heavy atom. The third kappa shape index (κ3) is 3.30. The van der Waals surface area contributed by atoms with Gasteiger partial charge in [-0.2, -0.15) is 0 Å². The van der Waals surface area contributed by atoms with Gasteiger partial charge in [0.15, 0.2) is 0 Å². The Hall–Kier alpha value is -1.74. The topological polar surface area (TPSA) is 12.0 Å². The van der Waals surface area contributed by atoms with Gasteiger partial charge in [-0.3, -0.25) is 0 Å². The van der Waals surface area contributed by atoms with Crippen molar-refractivity contribution in [2.24, 2.45) is 5.92 Å². The molecular formula is C18H19F2N. The van der Waals surface area contributed by atoms with Crippen LogP contribution in [0.1, 0.15) is 29.9 Å². The van der Waals surface area contributed by atoms with E-state index < -0.39 is 0 Å².